The third-order valence-electron chi connectivity index (χ3n) is 3.31. The van der Waals surface area contributed by atoms with Crippen molar-refractivity contribution in [3.63, 3.8) is 0 Å². The number of alkyl halides is 3. The first kappa shape index (κ1) is 18.3. The maximum atomic E-state index is 12.5. The normalized spacial score (nSPS) is 13.7. The van der Waals surface area contributed by atoms with E-state index in [4.69, 9.17) is 11.6 Å². The Balaban J connectivity index is 2.66. The summed E-state index contributed by atoms with van der Waals surface area (Å²) in [7, 11) is 1.79. The molecule has 0 amide bonds. The van der Waals surface area contributed by atoms with Gasteiger partial charge in [0.05, 0.1) is 6.54 Å². The SMILES string of the molecule is CCCN(CCC(NC)c1ccccc1Cl)CC(F)(F)F. The highest BCUT2D eigenvalue weighted by molar-refractivity contribution is 6.31. The number of nitrogens with zero attached hydrogens (tertiary/aromatic N) is 1. The minimum Gasteiger partial charge on any atom is -0.313 e. The summed E-state index contributed by atoms with van der Waals surface area (Å²) in [5.41, 5.74) is 0.921. The van der Waals surface area contributed by atoms with Gasteiger partial charge in [0.1, 0.15) is 0 Å². The summed E-state index contributed by atoms with van der Waals surface area (Å²) in [6.07, 6.45) is -2.88. The van der Waals surface area contributed by atoms with E-state index in [1.54, 1.807) is 13.1 Å². The molecule has 21 heavy (non-hydrogen) atoms. The fourth-order valence-electron chi connectivity index (χ4n) is 2.36. The van der Waals surface area contributed by atoms with Crippen LogP contribution in [0.3, 0.4) is 0 Å². The first-order valence-corrected chi connectivity index (χ1v) is 7.46. The second kappa shape index (κ2) is 8.61. The minimum atomic E-state index is -4.16. The van der Waals surface area contributed by atoms with Gasteiger partial charge in [0.2, 0.25) is 0 Å². The Kier molecular flexibility index (Phi) is 7.49. The molecule has 0 spiro atoms. The van der Waals surface area contributed by atoms with Crippen LogP contribution in [-0.4, -0.2) is 37.8 Å². The Hall–Kier alpha value is -0.780. The molecule has 1 atom stereocenters. The van der Waals surface area contributed by atoms with Gasteiger partial charge in [-0.2, -0.15) is 13.2 Å². The van der Waals surface area contributed by atoms with Crippen LogP contribution in [0.15, 0.2) is 24.3 Å². The number of hydrogen-bond donors (Lipinski definition) is 1. The first-order valence-electron chi connectivity index (χ1n) is 7.08. The van der Waals surface area contributed by atoms with E-state index < -0.39 is 12.7 Å². The molecule has 1 unspecified atom stereocenters. The Morgan fingerprint density at radius 3 is 2.43 bits per heavy atom. The molecular weight excluding hydrogens is 301 g/mol. The molecule has 0 aromatic heterocycles. The molecule has 0 saturated heterocycles. The molecule has 2 nitrogen and oxygen atoms in total. The predicted octanol–water partition coefficient (Wildman–Crippen LogP) is 4.26. The smallest absolute Gasteiger partial charge is 0.313 e. The molecule has 0 bridgehead atoms. The van der Waals surface area contributed by atoms with E-state index in [2.05, 4.69) is 5.32 Å². The van der Waals surface area contributed by atoms with E-state index in [1.165, 1.54) is 4.90 Å². The minimum absolute atomic E-state index is 0.0497. The van der Waals surface area contributed by atoms with Gasteiger partial charge >= 0.3 is 6.18 Å². The quantitative estimate of drug-likeness (QED) is 0.769. The van der Waals surface area contributed by atoms with E-state index in [-0.39, 0.29) is 6.04 Å². The van der Waals surface area contributed by atoms with Gasteiger partial charge in [-0.05, 0) is 38.1 Å². The molecule has 0 aliphatic heterocycles. The molecule has 0 fully saturated rings. The zero-order chi connectivity index (χ0) is 15.9. The van der Waals surface area contributed by atoms with Gasteiger partial charge < -0.3 is 5.32 Å². The number of benzene rings is 1. The maximum Gasteiger partial charge on any atom is 0.401 e. The van der Waals surface area contributed by atoms with Gasteiger partial charge in [0, 0.05) is 17.6 Å². The topological polar surface area (TPSA) is 15.3 Å². The van der Waals surface area contributed by atoms with Crippen LogP contribution >= 0.6 is 11.6 Å². The Labute approximate surface area is 129 Å². The van der Waals surface area contributed by atoms with Crippen LogP contribution in [0, 0.1) is 0 Å². The summed E-state index contributed by atoms with van der Waals surface area (Å²) < 4.78 is 37.6. The lowest BCUT2D eigenvalue weighted by molar-refractivity contribution is -0.146. The van der Waals surface area contributed by atoms with E-state index in [0.29, 0.717) is 31.0 Å². The average Bonchev–Trinajstić information content (AvgIpc) is 2.39. The fraction of sp³-hybridized carbons (Fsp3) is 0.600. The standard InChI is InChI=1S/C15H22ClF3N2/c1-3-9-21(11-15(17,18)19)10-8-14(20-2)12-6-4-5-7-13(12)16/h4-7,14,20H,3,8-11H2,1-2H3. The zero-order valence-corrected chi connectivity index (χ0v) is 13.1. The van der Waals surface area contributed by atoms with Crippen molar-refractivity contribution < 1.29 is 13.2 Å². The lowest BCUT2D eigenvalue weighted by atomic mass is 10.0. The molecular formula is C15H22ClF3N2. The summed E-state index contributed by atoms with van der Waals surface area (Å²) in [4.78, 5) is 1.45. The molecule has 0 aliphatic rings. The third kappa shape index (κ3) is 6.68. The van der Waals surface area contributed by atoms with Gasteiger partial charge in [0.25, 0.3) is 0 Å². The lowest BCUT2D eigenvalue weighted by Crippen LogP contribution is -2.36. The third-order valence-corrected chi connectivity index (χ3v) is 3.65. The maximum absolute atomic E-state index is 12.5. The van der Waals surface area contributed by atoms with Crippen LogP contribution in [0.4, 0.5) is 13.2 Å². The van der Waals surface area contributed by atoms with Crippen LogP contribution in [0.1, 0.15) is 31.4 Å². The largest absolute Gasteiger partial charge is 0.401 e. The van der Waals surface area contributed by atoms with Crippen LogP contribution in [0.25, 0.3) is 0 Å². The van der Waals surface area contributed by atoms with Gasteiger partial charge in [-0.15, -0.1) is 0 Å². The molecule has 1 aromatic rings. The number of rotatable bonds is 8. The summed E-state index contributed by atoms with van der Waals surface area (Å²) in [5.74, 6) is 0. The van der Waals surface area contributed by atoms with E-state index >= 15 is 0 Å². The highest BCUT2D eigenvalue weighted by atomic mass is 35.5. The van der Waals surface area contributed by atoms with Crippen molar-refractivity contribution in [2.75, 3.05) is 26.7 Å². The van der Waals surface area contributed by atoms with E-state index in [0.717, 1.165) is 5.56 Å². The van der Waals surface area contributed by atoms with Gasteiger partial charge in [0.15, 0.2) is 0 Å². The van der Waals surface area contributed by atoms with Crippen LogP contribution in [-0.2, 0) is 0 Å². The summed E-state index contributed by atoms with van der Waals surface area (Å²) >= 11 is 6.15. The van der Waals surface area contributed by atoms with Crippen molar-refractivity contribution >= 4 is 11.6 Å². The molecule has 120 valence electrons. The van der Waals surface area contributed by atoms with Crippen molar-refractivity contribution in [1.29, 1.82) is 0 Å². The number of halogens is 4. The second-order valence-electron chi connectivity index (χ2n) is 5.04. The molecule has 0 saturated carbocycles. The Morgan fingerprint density at radius 2 is 1.90 bits per heavy atom. The van der Waals surface area contributed by atoms with Gasteiger partial charge in [-0.25, -0.2) is 0 Å². The highest BCUT2D eigenvalue weighted by Gasteiger charge is 2.30. The summed E-state index contributed by atoms with van der Waals surface area (Å²) in [6, 6.07) is 7.36. The van der Waals surface area contributed by atoms with Gasteiger partial charge in [-0.3, -0.25) is 4.90 Å². The molecule has 6 heteroatoms. The summed E-state index contributed by atoms with van der Waals surface area (Å²) in [6.45, 7) is 1.84. The molecule has 0 aliphatic carbocycles. The second-order valence-corrected chi connectivity index (χ2v) is 5.45. The van der Waals surface area contributed by atoms with Crippen LogP contribution in [0.2, 0.25) is 5.02 Å². The van der Waals surface area contributed by atoms with Crippen molar-refractivity contribution in [2.45, 2.75) is 32.0 Å². The van der Waals surface area contributed by atoms with Crippen LogP contribution in [0.5, 0.6) is 0 Å². The molecule has 1 rings (SSSR count). The lowest BCUT2D eigenvalue weighted by Gasteiger charge is -2.26. The van der Waals surface area contributed by atoms with Crippen molar-refractivity contribution in [2.24, 2.45) is 0 Å². The molecule has 0 heterocycles. The van der Waals surface area contributed by atoms with E-state index in [9.17, 15) is 13.2 Å². The molecule has 1 N–H and O–H groups in total. The number of hydrogen-bond acceptors (Lipinski definition) is 2. The zero-order valence-electron chi connectivity index (χ0n) is 12.4. The van der Waals surface area contributed by atoms with E-state index in [1.807, 2.05) is 25.1 Å². The van der Waals surface area contributed by atoms with Crippen LogP contribution < -0.4 is 5.32 Å². The molecule has 1 aromatic carbocycles. The first-order chi connectivity index (χ1) is 9.87. The molecule has 0 radical (unpaired) electrons. The summed E-state index contributed by atoms with van der Waals surface area (Å²) in [5, 5.41) is 3.76. The fourth-order valence-corrected chi connectivity index (χ4v) is 2.63. The van der Waals surface area contributed by atoms with Crippen molar-refractivity contribution in [3.05, 3.63) is 34.9 Å². The van der Waals surface area contributed by atoms with Crippen molar-refractivity contribution in [3.8, 4) is 0 Å². The van der Waals surface area contributed by atoms with Gasteiger partial charge in [-0.1, -0.05) is 36.7 Å². The Morgan fingerprint density at radius 1 is 1.24 bits per heavy atom. The van der Waals surface area contributed by atoms with Crippen molar-refractivity contribution in [1.82, 2.24) is 10.2 Å². The monoisotopic (exact) mass is 322 g/mol. The average molecular weight is 323 g/mol. The highest BCUT2D eigenvalue weighted by Crippen LogP contribution is 2.25. The predicted molar refractivity (Wildman–Crippen MR) is 80.7 cm³/mol. The Bertz CT molecular complexity index is 424. The number of nitrogens with one attached hydrogen (secondary N) is 1.